The van der Waals surface area contributed by atoms with Crippen molar-refractivity contribution in [1.82, 2.24) is 0 Å². The molecule has 0 fully saturated rings. The second kappa shape index (κ2) is 7.69. The minimum atomic E-state index is -1.08. The minimum Gasteiger partial charge on any atom is -0.468 e. The number of esters is 2. The van der Waals surface area contributed by atoms with Crippen molar-refractivity contribution < 1.29 is 24.2 Å². The van der Waals surface area contributed by atoms with Gasteiger partial charge in [-0.15, -0.1) is 0 Å². The van der Waals surface area contributed by atoms with Crippen LogP contribution in [-0.4, -0.2) is 37.9 Å². The van der Waals surface area contributed by atoms with E-state index in [2.05, 4.69) is 21.3 Å². The quantitative estimate of drug-likeness (QED) is 0.433. The molecule has 0 radical (unpaired) electrons. The summed E-state index contributed by atoms with van der Waals surface area (Å²) in [5, 5.41) is 8.66. The molecule has 0 aromatic rings. The summed E-state index contributed by atoms with van der Waals surface area (Å²) in [6.07, 6.45) is 0. The van der Waals surface area contributed by atoms with E-state index in [1.807, 2.05) is 13.8 Å². The first kappa shape index (κ1) is 15.5. The summed E-state index contributed by atoms with van der Waals surface area (Å²) in [5.74, 6) is 2.14. The largest absolute Gasteiger partial charge is 0.468 e. The van der Waals surface area contributed by atoms with E-state index in [9.17, 15) is 9.59 Å². The number of carbonyl (C=O) groups is 2. The fraction of sp³-hybridized carbons (Fsp3) is 0.667. The van der Waals surface area contributed by atoms with Crippen molar-refractivity contribution in [2.75, 3.05) is 20.8 Å². The molecule has 0 saturated heterocycles. The van der Waals surface area contributed by atoms with E-state index in [1.54, 1.807) is 0 Å². The number of ether oxygens (including phenoxy) is 2. The Labute approximate surface area is 101 Å². The first-order valence-electron chi connectivity index (χ1n) is 5.24. The number of methoxy groups -OCH3 is 2. The summed E-state index contributed by atoms with van der Waals surface area (Å²) in [4.78, 5) is 23.1. The maximum absolute atomic E-state index is 11.6. The van der Waals surface area contributed by atoms with Gasteiger partial charge in [0.15, 0.2) is 5.92 Å². The zero-order chi connectivity index (χ0) is 13.4. The second-order valence-electron chi connectivity index (χ2n) is 3.77. The van der Waals surface area contributed by atoms with Crippen LogP contribution < -0.4 is 0 Å². The van der Waals surface area contributed by atoms with Crippen LogP contribution >= 0.6 is 0 Å². The lowest BCUT2D eigenvalue weighted by Gasteiger charge is -2.21. The molecule has 1 N–H and O–H groups in total. The molecule has 0 bridgehead atoms. The zero-order valence-electron chi connectivity index (χ0n) is 10.5. The number of aliphatic hydroxyl groups excluding tert-OH is 1. The molecule has 0 aliphatic rings. The van der Waals surface area contributed by atoms with Gasteiger partial charge in [-0.2, -0.15) is 0 Å². The molecule has 1 atom stereocenters. The third-order valence-electron chi connectivity index (χ3n) is 2.34. The second-order valence-corrected chi connectivity index (χ2v) is 3.77. The van der Waals surface area contributed by atoms with Crippen LogP contribution in [0.5, 0.6) is 0 Å². The van der Waals surface area contributed by atoms with Gasteiger partial charge in [-0.05, 0) is 5.92 Å². The molecule has 5 heteroatoms. The topological polar surface area (TPSA) is 72.8 Å². The zero-order valence-corrected chi connectivity index (χ0v) is 10.5. The number of carbonyl (C=O) groups excluding carboxylic acids is 2. The standard InChI is InChI=1S/C12H18O5/c1-8(2)9(6-5-7-13)10(11(14)16-3)12(15)17-4/h8-10,13H,7H2,1-4H3. The molecule has 0 saturated carbocycles. The van der Waals surface area contributed by atoms with Gasteiger partial charge in [0.2, 0.25) is 0 Å². The van der Waals surface area contributed by atoms with Gasteiger partial charge in [0.05, 0.1) is 14.2 Å². The Balaban J connectivity index is 5.21. The van der Waals surface area contributed by atoms with E-state index in [1.165, 1.54) is 14.2 Å². The highest BCUT2D eigenvalue weighted by Crippen LogP contribution is 2.23. The molecule has 0 aliphatic carbocycles. The average molecular weight is 242 g/mol. The molecule has 0 aliphatic heterocycles. The van der Waals surface area contributed by atoms with Gasteiger partial charge in [0.25, 0.3) is 0 Å². The van der Waals surface area contributed by atoms with E-state index in [0.717, 1.165) is 0 Å². The summed E-state index contributed by atoms with van der Waals surface area (Å²) in [5.41, 5.74) is 0. The normalized spacial score (nSPS) is 11.7. The maximum Gasteiger partial charge on any atom is 0.321 e. The molecule has 1 unspecified atom stereocenters. The number of rotatable bonds is 4. The minimum absolute atomic E-state index is 0.0442. The third kappa shape index (κ3) is 4.45. The highest BCUT2D eigenvalue weighted by molar-refractivity contribution is 5.95. The maximum atomic E-state index is 11.6. The molecular formula is C12H18O5. The molecule has 5 nitrogen and oxygen atoms in total. The van der Waals surface area contributed by atoms with Gasteiger partial charge >= 0.3 is 11.9 Å². The molecule has 0 aromatic heterocycles. The van der Waals surface area contributed by atoms with Gasteiger partial charge in [0, 0.05) is 5.92 Å². The first-order chi connectivity index (χ1) is 7.99. The SMILES string of the molecule is COC(=O)C(C(=O)OC)C(C#CCO)C(C)C. The van der Waals surface area contributed by atoms with Gasteiger partial charge < -0.3 is 14.6 Å². The van der Waals surface area contributed by atoms with Crippen molar-refractivity contribution in [3.05, 3.63) is 0 Å². The van der Waals surface area contributed by atoms with Crippen LogP contribution in [0.1, 0.15) is 13.8 Å². The van der Waals surface area contributed by atoms with Crippen LogP contribution in [-0.2, 0) is 19.1 Å². The first-order valence-corrected chi connectivity index (χ1v) is 5.24. The number of hydrogen-bond acceptors (Lipinski definition) is 5. The Morgan fingerprint density at radius 2 is 1.65 bits per heavy atom. The van der Waals surface area contributed by atoms with Gasteiger partial charge in [-0.1, -0.05) is 25.7 Å². The smallest absolute Gasteiger partial charge is 0.321 e. The Kier molecular flexibility index (Phi) is 6.99. The van der Waals surface area contributed by atoms with Crippen molar-refractivity contribution >= 4 is 11.9 Å². The summed E-state index contributed by atoms with van der Waals surface area (Å²) in [6.45, 7) is 3.34. The van der Waals surface area contributed by atoms with E-state index in [4.69, 9.17) is 5.11 Å². The molecule has 0 amide bonds. The molecule has 0 rings (SSSR count). The summed E-state index contributed by atoms with van der Waals surface area (Å²) in [6, 6.07) is 0. The van der Waals surface area contributed by atoms with Crippen molar-refractivity contribution in [1.29, 1.82) is 0 Å². The van der Waals surface area contributed by atoms with Crippen molar-refractivity contribution in [3.63, 3.8) is 0 Å². The fourth-order valence-corrected chi connectivity index (χ4v) is 1.44. The van der Waals surface area contributed by atoms with Crippen molar-refractivity contribution in [2.45, 2.75) is 13.8 Å². The lowest BCUT2D eigenvalue weighted by atomic mass is 9.83. The third-order valence-corrected chi connectivity index (χ3v) is 2.34. The van der Waals surface area contributed by atoms with Crippen LogP contribution in [0.2, 0.25) is 0 Å². The Bertz CT molecular complexity index is 308. The summed E-state index contributed by atoms with van der Waals surface area (Å²) < 4.78 is 9.15. The van der Waals surface area contributed by atoms with Crippen LogP contribution in [0.3, 0.4) is 0 Å². The highest BCUT2D eigenvalue weighted by Gasteiger charge is 2.37. The fourth-order valence-electron chi connectivity index (χ4n) is 1.44. The van der Waals surface area contributed by atoms with Gasteiger partial charge in [-0.3, -0.25) is 9.59 Å². The van der Waals surface area contributed by atoms with Crippen LogP contribution in [0, 0.1) is 29.6 Å². The number of hydrogen-bond donors (Lipinski definition) is 1. The summed E-state index contributed by atoms with van der Waals surface area (Å²) >= 11 is 0. The van der Waals surface area contributed by atoms with Gasteiger partial charge in [-0.25, -0.2) is 0 Å². The van der Waals surface area contributed by atoms with Crippen molar-refractivity contribution in [3.8, 4) is 11.8 Å². The molecule has 0 spiro atoms. The lowest BCUT2D eigenvalue weighted by molar-refractivity contribution is -0.161. The Morgan fingerprint density at radius 3 is 1.94 bits per heavy atom. The monoisotopic (exact) mass is 242 g/mol. The predicted molar refractivity (Wildman–Crippen MR) is 60.7 cm³/mol. The van der Waals surface area contributed by atoms with E-state index >= 15 is 0 Å². The predicted octanol–water partition coefficient (Wildman–Crippen LogP) is 0.216. The molecular weight excluding hydrogens is 224 g/mol. The highest BCUT2D eigenvalue weighted by atomic mass is 16.5. The van der Waals surface area contributed by atoms with E-state index in [-0.39, 0.29) is 12.5 Å². The Morgan fingerprint density at radius 1 is 1.18 bits per heavy atom. The lowest BCUT2D eigenvalue weighted by Crippen LogP contribution is -2.35. The van der Waals surface area contributed by atoms with Crippen LogP contribution in [0.4, 0.5) is 0 Å². The number of aliphatic hydroxyl groups is 1. The summed E-state index contributed by atoms with van der Waals surface area (Å²) in [7, 11) is 2.41. The molecule has 0 heterocycles. The van der Waals surface area contributed by atoms with Crippen LogP contribution in [0.15, 0.2) is 0 Å². The molecule has 96 valence electrons. The Hall–Kier alpha value is -1.54. The van der Waals surface area contributed by atoms with E-state index in [0.29, 0.717) is 0 Å². The van der Waals surface area contributed by atoms with Crippen LogP contribution in [0.25, 0.3) is 0 Å². The molecule has 17 heavy (non-hydrogen) atoms. The molecule has 0 aromatic carbocycles. The van der Waals surface area contributed by atoms with E-state index < -0.39 is 23.8 Å². The average Bonchev–Trinajstić information content (AvgIpc) is 2.32. The van der Waals surface area contributed by atoms with Gasteiger partial charge in [0.1, 0.15) is 6.61 Å². The van der Waals surface area contributed by atoms with Crippen molar-refractivity contribution in [2.24, 2.45) is 17.8 Å².